The van der Waals surface area contributed by atoms with Crippen LogP contribution in [-0.2, 0) is 11.3 Å². The van der Waals surface area contributed by atoms with Gasteiger partial charge in [-0.05, 0) is 46.0 Å². The number of benzene rings is 4. The van der Waals surface area contributed by atoms with E-state index in [0.717, 1.165) is 21.6 Å². The summed E-state index contributed by atoms with van der Waals surface area (Å²) >= 11 is 1.54. The van der Waals surface area contributed by atoms with Gasteiger partial charge in [0.2, 0.25) is 0 Å². The van der Waals surface area contributed by atoms with Crippen LogP contribution in [0.4, 0.5) is 4.79 Å². The Morgan fingerprint density at radius 3 is 2.12 bits per heavy atom. The summed E-state index contributed by atoms with van der Waals surface area (Å²) in [5.41, 5.74) is 6.46. The number of hydrogen-bond acceptors (Lipinski definition) is 4. The Bertz CT molecular complexity index is 1290. The lowest BCUT2D eigenvalue weighted by Crippen LogP contribution is -2.25. The van der Waals surface area contributed by atoms with Crippen LogP contribution in [0, 0.1) is 0 Å². The molecule has 0 bridgehead atoms. The summed E-state index contributed by atoms with van der Waals surface area (Å²) in [6.07, 6.45) is 0.440. The van der Waals surface area contributed by atoms with Crippen LogP contribution in [0.3, 0.4) is 0 Å². The lowest BCUT2D eigenvalue weighted by molar-refractivity contribution is 0.112. The minimum Gasteiger partial charge on any atom is -0.449 e. The van der Waals surface area contributed by atoms with E-state index in [2.05, 4.69) is 29.6 Å². The molecule has 0 saturated heterocycles. The fourth-order valence-corrected chi connectivity index (χ4v) is 5.20. The van der Waals surface area contributed by atoms with Crippen molar-refractivity contribution in [3.8, 4) is 11.1 Å². The number of rotatable bonds is 7. The number of carbonyl (C=O) groups is 2. The third-order valence-electron chi connectivity index (χ3n) is 5.98. The first kappa shape index (κ1) is 22.0. The average Bonchev–Trinajstić information content (AvgIpc) is 3.21. The van der Waals surface area contributed by atoms with Crippen LogP contribution in [-0.4, -0.2) is 19.0 Å². The molecule has 4 nitrogen and oxygen atoms in total. The predicted molar refractivity (Wildman–Crippen MR) is 134 cm³/mol. The van der Waals surface area contributed by atoms with Crippen LogP contribution in [0.15, 0.2) is 107 Å². The van der Waals surface area contributed by atoms with Crippen molar-refractivity contribution in [1.29, 1.82) is 0 Å². The van der Waals surface area contributed by atoms with E-state index >= 15 is 0 Å². The quantitative estimate of drug-likeness (QED) is 0.309. The molecule has 1 amide bonds. The van der Waals surface area contributed by atoms with Crippen molar-refractivity contribution >= 4 is 24.1 Å². The third kappa shape index (κ3) is 4.61. The first-order valence-corrected chi connectivity index (χ1v) is 11.9. The number of alkyl carbamates (subject to hydrolysis) is 1. The van der Waals surface area contributed by atoms with Gasteiger partial charge in [-0.15, -0.1) is 0 Å². The number of ether oxygens (including phenoxy) is 1. The number of fused-ring (bicyclic) bond motifs is 3. The van der Waals surface area contributed by atoms with Crippen molar-refractivity contribution in [3.63, 3.8) is 0 Å². The fraction of sp³-hybridized carbons (Fsp3) is 0.103. The molecule has 1 aliphatic rings. The Balaban J connectivity index is 1.16. The van der Waals surface area contributed by atoms with Gasteiger partial charge >= 0.3 is 6.09 Å². The summed E-state index contributed by atoms with van der Waals surface area (Å²) in [5, 5.41) is 2.84. The first-order chi connectivity index (χ1) is 16.7. The minimum absolute atomic E-state index is 0.0451. The average molecular weight is 466 g/mol. The fourth-order valence-electron chi connectivity index (χ4n) is 4.30. The van der Waals surface area contributed by atoms with Gasteiger partial charge in [0.1, 0.15) is 6.61 Å². The summed E-state index contributed by atoms with van der Waals surface area (Å²) in [6, 6.07) is 32.0. The van der Waals surface area contributed by atoms with Crippen molar-refractivity contribution in [2.24, 2.45) is 0 Å². The Morgan fingerprint density at radius 1 is 0.824 bits per heavy atom. The largest absolute Gasteiger partial charge is 0.449 e. The van der Waals surface area contributed by atoms with Crippen LogP contribution >= 0.6 is 11.8 Å². The SMILES string of the molecule is O=Cc1ccccc1Sc1ccc(CNC(=O)OCC2c3ccccc3-c3ccccc32)cc1. The predicted octanol–water partition coefficient (Wildman–Crippen LogP) is 6.69. The molecule has 0 fully saturated rings. The molecule has 0 saturated carbocycles. The van der Waals surface area contributed by atoms with E-state index < -0.39 is 6.09 Å². The number of aldehydes is 1. The van der Waals surface area contributed by atoms with E-state index in [1.54, 1.807) is 0 Å². The summed E-state index contributed by atoms with van der Waals surface area (Å²) in [4.78, 5) is 25.6. The van der Waals surface area contributed by atoms with Gasteiger partial charge < -0.3 is 10.1 Å². The van der Waals surface area contributed by atoms with Crippen LogP contribution < -0.4 is 5.32 Å². The number of carbonyl (C=O) groups excluding carboxylic acids is 2. The van der Waals surface area contributed by atoms with Crippen LogP contribution in [0.25, 0.3) is 11.1 Å². The molecule has 0 aromatic heterocycles. The van der Waals surface area contributed by atoms with Crippen LogP contribution in [0.5, 0.6) is 0 Å². The lowest BCUT2D eigenvalue weighted by atomic mass is 9.98. The Kier molecular flexibility index (Phi) is 6.45. The summed E-state index contributed by atoms with van der Waals surface area (Å²) in [7, 11) is 0. The molecule has 0 spiro atoms. The second-order valence-electron chi connectivity index (χ2n) is 8.08. The van der Waals surface area contributed by atoms with E-state index in [0.29, 0.717) is 18.7 Å². The lowest BCUT2D eigenvalue weighted by Gasteiger charge is -2.14. The second kappa shape index (κ2) is 9.98. The molecule has 5 rings (SSSR count). The van der Waals surface area contributed by atoms with E-state index in [9.17, 15) is 9.59 Å². The molecule has 4 aromatic rings. The highest BCUT2D eigenvalue weighted by molar-refractivity contribution is 7.99. The summed E-state index contributed by atoms with van der Waals surface area (Å²) < 4.78 is 5.60. The molecular formula is C29H23NO3S. The number of amides is 1. The van der Waals surface area contributed by atoms with Crippen molar-refractivity contribution in [2.45, 2.75) is 22.3 Å². The van der Waals surface area contributed by atoms with Crippen LogP contribution in [0.1, 0.15) is 33.0 Å². The van der Waals surface area contributed by atoms with Gasteiger partial charge in [0.05, 0.1) is 0 Å². The maximum absolute atomic E-state index is 12.4. The van der Waals surface area contributed by atoms with E-state index in [1.807, 2.05) is 72.8 Å². The highest BCUT2D eigenvalue weighted by Crippen LogP contribution is 2.44. The maximum atomic E-state index is 12.4. The summed E-state index contributed by atoms with van der Waals surface area (Å²) in [5.74, 6) is 0.0451. The molecular weight excluding hydrogens is 442 g/mol. The number of nitrogens with one attached hydrogen (secondary N) is 1. The monoisotopic (exact) mass is 465 g/mol. The van der Waals surface area contributed by atoms with Gasteiger partial charge in [-0.25, -0.2) is 4.79 Å². The zero-order chi connectivity index (χ0) is 23.3. The van der Waals surface area contributed by atoms with E-state index in [-0.39, 0.29) is 5.92 Å². The highest BCUT2D eigenvalue weighted by atomic mass is 32.2. The normalized spacial score (nSPS) is 12.0. The molecule has 1 N–H and O–H groups in total. The Labute approximate surface area is 203 Å². The van der Waals surface area contributed by atoms with E-state index in [4.69, 9.17) is 4.74 Å². The molecule has 168 valence electrons. The van der Waals surface area contributed by atoms with Crippen LogP contribution in [0.2, 0.25) is 0 Å². The van der Waals surface area contributed by atoms with Gasteiger partial charge in [-0.1, -0.05) is 90.6 Å². The van der Waals surface area contributed by atoms with E-state index in [1.165, 1.54) is 34.0 Å². The van der Waals surface area contributed by atoms with Gasteiger partial charge in [0, 0.05) is 27.8 Å². The number of hydrogen-bond donors (Lipinski definition) is 1. The van der Waals surface area contributed by atoms with Crippen molar-refractivity contribution in [3.05, 3.63) is 119 Å². The third-order valence-corrected chi connectivity index (χ3v) is 7.08. The molecule has 0 aliphatic heterocycles. The zero-order valence-corrected chi connectivity index (χ0v) is 19.3. The zero-order valence-electron chi connectivity index (χ0n) is 18.4. The van der Waals surface area contributed by atoms with Gasteiger partial charge in [-0.3, -0.25) is 4.79 Å². The molecule has 4 aromatic carbocycles. The first-order valence-electron chi connectivity index (χ1n) is 11.1. The summed E-state index contributed by atoms with van der Waals surface area (Å²) in [6.45, 7) is 0.679. The molecule has 34 heavy (non-hydrogen) atoms. The van der Waals surface area contributed by atoms with Gasteiger partial charge in [-0.2, -0.15) is 0 Å². The van der Waals surface area contributed by atoms with Crippen molar-refractivity contribution < 1.29 is 14.3 Å². The van der Waals surface area contributed by atoms with Crippen molar-refractivity contribution in [2.75, 3.05) is 6.61 Å². The molecule has 0 unspecified atom stereocenters. The molecule has 5 heteroatoms. The second-order valence-corrected chi connectivity index (χ2v) is 9.20. The topological polar surface area (TPSA) is 55.4 Å². The van der Waals surface area contributed by atoms with Gasteiger partial charge in [0.15, 0.2) is 6.29 Å². The van der Waals surface area contributed by atoms with Crippen molar-refractivity contribution in [1.82, 2.24) is 5.32 Å². The molecule has 0 radical (unpaired) electrons. The Hall–Kier alpha value is -3.83. The molecule has 0 atom stereocenters. The molecule has 0 heterocycles. The minimum atomic E-state index is -0.430. The smallest absolute Gasteiger partial charge is 0.407 e. The Morgan fingerprint density at radius 2 is 1.44 bits per heavy atom. The maximum Gasteiger partial charge on any atom is 0.407 e. The molecule has 1 aliphatic carbocycles. The highest BCUT2D eigenvalue weighted by Gasteiger charge is 2.28. The van der Waals surface area contributed by atoms with Gasteiger partial charge in [0.25, 0.3) is 0 Å². The standard InChI is InChI=1S/C29H23NO3S/c31-18-21-7-1-6-12-28(21)34-22-15-13-20(14-16-22)17-30-29(32)33-19-27-25-10-4-2-8-23(25)24-9-3-5-11-26(24)27/h1-16,18,27H,17,19H2,(H,30,32).